The molecule has 0 amide bonds. The van der Waals surface area contributed by atoms with E-state index in [2.05, 4.69) is 20.8 Å². The lowest BCUT2D eigenvalue weighted by molar-refractivity contribution is 0.154. The molecule has 0 radical (unpaired) electrons. The summed E-state index contributed by atoms with van der Waals surface area (Å²) < 4.78 is 6.33. The number of aliphatic hydroxyl groups is 1. The van der Waals surface area contributed by atoms with Crippen molar-refractivity contribution in [2.24, 2.45) is 0 Å². The first kappa shape index (κ1) is 14.5. The van der Waals surface area contributed by atoms with E-state index in [0.29, 0.717) is 0 Å². The van der Waals surface area contributed by atoms with Crippen LogP contribution in [0.2, 0.25) is 0 Å². The van der Waals surface area contributed by atoms with Gasteiger partial charge in [-0.2, -0.15) is 0 Å². The molecule has 1 aromatic carbocycles. The van der Waals surface area contributed by atoms with Gasteiger partial charge in [0.15, 0.2) is 0 Å². The maximum atomic E-state index is 9.50. The molecule has 17 heavy (non-hydrogen) atoms. The van der Waals surface area contributed by atoms with Gasteiger partial charge >= 0.3 is 0 Å². The molecule has 0 bridgehead atoms. The van der Waals surface area contributed by atoms with Gasteiger partial charge < -0.3 is 14.7 Å². The van der Waals surface area contributed by atoms with E-state index in [1.165, 1.54) is 0 Å². The Kier molecular flexibility index (Phi) is 5.95. The number of rotatable bonds is 6. The summed E-state index contributed by atoms with van der Waals surface area (Å²) in [5.41, 5.74) is 2.02. The van der Waals surface area contributed by atoms with E-state index in [1.807, 2.05) is 32.2 Å². The van der Waals surface area contributed by atoms with Crippen molar-refractivity contribution in [1.82, 2.24) is 0 Å². The van der Waals surface area contributed by atoms with Crippen LogP contribution in [0.1, 0.15) is 25.5 Å². The molecule has 96 valence electrons. The Bertz CT molecular complexity index is 355. The third-order valence-corrected chi connectivity index (χ3v) is 3.28. The maximum absolute atomic E-state index is 9.50. The molecule has 0 aliphatic heterocycles. The van der Waals surface area contributed by atoms with Crippen molar-refractivity contribution in [2.45, 2.75) is 20.0 Å². The highest BCUT2D eigenvalue weighted by Crippen LogP contribution is 2.28. The van der Waals surface area contributed by atoms with Crippen LogP contribution in [-0.4, -0.2) is 31.9 Å². The predicted octanol–water partition coefficient (Wildman–Crippen LogP) is 2.98. The van der Waals surface area contributed by atoms with Crippen LogP contribution < -0.4 is 4.90 Å². The second-order valence-electron chi connectivity index (χ2n) is 4.01. The van der Waals surface area contributed by atoms with Crippen LogP contribution in [0.25, 0.3) is 0 Å². The minimum absolute atomic E-state index is 0.436. The number of aliphatic hydroxyl groups excluding tert-OH is 1. The number of anilines is 1. The van der Waals surface area contributed by atoms with Crippen molar-refractivity contribution >= 4 is 21.6 Å². The SMILES string of the molecule is CCOCCN(C)c1ccc([C@H](C)O)cc1Br. The first-order chi connectivity index (χ1) is 8.06. The van der Waals surface area contributed by atoms with E-state index >= 15 is 0 Å². The number of nitrogens with zero attached hydrogens (tertiary/aromatic N) is 1. The van der Waals surface area contributed by atoms with E-state index in [-0.39, 0.29) is 0 Å². The van der Waals surface area contributed by atoms with Gasteiger partial charge in [0, 0.05) is 24.7 Å². The highest BCUT2D eigenvalue weighted by atomic mass is 79.9. The molecule has 1 N–H and O–H groups in total. The third-order valence-electron chi connectivity index (χ3n) is 2.64. The van der Waals surface area contributed by atoms with Crippen LogP contribution in [-0.2, 0) is 4.74 Å². The van der Waals surface area contributed by atoms with E-state index in [4.69, 9.17) is 4.74 Å². The van der Waals surface area contributed by atoms with Crippen LogP contribution in [0.4, 0.5) is 5.69 Å². The van der Waals surface area contributed by atoms with Gasteiger partial charge in [-0.1, -0.05) is 6.07 Å². The topological polar surface area (TPSA) is 32.7 Å². The summed E-state index contributed by atoms with van der Waals surface area (Å²) in [5, 5.41) is 9.50. The first-order valence-electron chi connectivity index (χ1n) is 5.82. The molecule has 0 aliphatic carbocycles. The fourth-order valence-electron chi connectivity index (χ4n) is 1.56. The zero-order valence-electron chi connectivity index (χ0n) is 10.6. The van der Waals surface area contributed by atoms with E-state index < -0.39 is 6.10 Å². The second-order valence-corrected chi connectivity index (χ2v) is 4.86. The lowest BCUT2D eigenvalue weighted by Crippen LogP contribution is -2.23. The highest BCUT2D eigenvalue weighted by Gasteiger charge is 2.08. The molecule has 3 nitrogen and oxygen atoms in total. The summed E-state index contributed by atoms with van der Waals surface area (Å²) in [6.07, 6.45) is -0.436. The molecular formula is C13H20BrNO2. The Morgan fingerprint density at radius 1 is 1.47 bits per heavy atom. The molecule has 4 heteroatoms. The smallest absolute Gasteiger partial charge is 0.0762 e. The van der Waals surface area contributed by atoms with Crippen molar-refractivity contribution in [2.75, 3.05) is 31.7 Å². The summed E-state index contributed by atoms with van der Waals surface area (Å²) in [7, 11) is 2.03. The normalized spacial score (nSPS) is 12.5. The number of ether oxygens (including phenoxy) is 1. The average Bonchev–Trinajstić information content (AvgIpc) is 2.28. The molecule has 1 rings (SSSR count). The Labute approximate surface area is 112 Å². The van der Waals surface area contributed by atoms with E-state index in [0.717, 1.165) is 35.5 Å². The van der Waals surface area contributed by atoms with Crippen molar-refractivity contribution in [3.8, 4) is 0 Å². The van der Waals surface area contributed by atoms with Crippen LogP contribution >= 0.6 is 15.9 Å². The van der Waals surface area contributed by atoms with Crippen LogP contribution in [0.15, 0.2) is 22.7 Å². The largest absolute Gasteiger partial charge is 0.389 e. The number of likely N-dealkylation sites (N-methyl/N-ethyl adjacent to an activating group) is 1. The molecule has 1 atom stereocenters. The van der Waals surface area contributed by atoms with Crippen molar-refractivity contribution in [3.63, 3.8) is 0 Å². The zero-order chi connectivity index (χ0) is 12.8. The summed E-state index contributed by atoms with van der Waals surface area (Å²) in [6.45, 7) is 6.07. The Morgan fingerprint density at radius 3 is 2.71 bits per heavy atom. The first-order valence-corrected chi connectivity index (χ1v) is 6.62. The van der Waals surface area contributed by atoms with Crippen molar-refractivity contribution < 1.29 is 9.84 Å². The van der Waals surface area contributed by atoms with Gasteiger partial charge in [-0.25, -0.2) is 0 Å². The minimum atomic E-state index is -0.436. The molecular weight excluding hydrogens is 282 g/mol. The lowest BCUT2D eigenvalue weighted by Gasteiger charge is -2.21. The van der Waals surface area contributed by atoms with Crippen LogP contribution in [0, 0.1) is 0 Å². The molecule has 0 fully saturated rings. The molecule has 0 saturated carbocycles. The van der Waals surface area contributed by atoms with Gasteiger partial charge in [-0.3, -0.25) is 0 Å². The zero-order valence-corrected chi connectivity index (χ0v) is 12.2. The van der Waals surface area contributed by atoms with Crippen molar-refractivity contribution in [3.05, 3.63) is 28.2 Å². The Morgan fingerprint density at radius 2 is 2.18 bits per heavy atom. The molecule has 0 unspecified atom stereocenters. The maximum Gasteiger partial charge on any atom is 0.0762 e. The summed E-state index contributed by atoms with van der Waals surface area (Å²) >= 11 is 3.53. The second kappa shape index (κ2) is 6.99. The van der Waals surface area contributed by atoms with E-state index in [1.54, 1.807) is 6.92 Å². The van der Waals surface area contributed by atoms with E-state index in [9.17, 15) is 5.11 Å². The molecule has 0 heterocycles. The molecule has 0 spiro atoms. The van der Waals surface area contributed by atoms with Gasteiger partial charge in [-0.05, 0) is 47.5 Å². The highest BCUT2D eigenvalue weighted by molar-refractivity contribution is 9.10. The number of hydrogen-bond acceptors (Lipinski definition) is 3. The van der Waals surface area contributed by atoms with Crippen LogP contribution in [0.3, 0.4) is 0 Å². The number of hydrogen-bond donors (Lipinski definition) is 1. The average molecular weight is 302 g/mol. The fraction of sp³-hybridized carbons (Fsp3) is 0.538. The summed E-state index contributed by atoms with van der Waals surface area (Å²) in [4.78, 5) is 2.13. The quantitative estimate of drug-likeness (QED) is 0.820. The summed E-state index contributed by atoms with van der Waals surface area (Å²) in [6, 6.07) is 5.91. The van der Waals surface area contributed by atoms with Gasteiger partial charge in [0.1, 0.15) is 0 Å². The molecule has 1 aromatic rings. The monoisotopic (exact) mass is 301 g/mol. The van der Waals surface area contributed by atoms with Gasteiger partial charge in [0.05, 0.1) is 18.4 Å². The Balaban J connectivity index is 2.70. The van der Waals surface area contributed by atoms with Gasteiger partial charge in [0.25, 0.3) is 0 Å². The standard InChI is InChI=1S/C13H20BrNO2/c1-4-17-8-7-15(3)13-6-5-11(10(2)16)9-12(13)14/h5-6,9-10,16H,4,7-8H2,1-3H3/t10-/m0/s1. The Hall–Kier alpha value is -0.580. The predicted molar refractivity (Wildman–Crippen MR) is 74.5 cm³/mol. The molecule has 0 aliphatic rings. The lowest BCUT2D eigenvalue weighted by atomic mass is 10.1. The minimum Gasteiger partial charge on any atom is -0.389 e. The number of benzene rings is 1. The molecule has 0 aromatic heterocycles. The summed E-state index contributed by atoms with van der Waals surface area (Å²) in [5.74, 6) is 0. The fourth-order valence-corrected chi connectivity index (χ4v) is 2.26. The number of halogens is 1. The van der Waals surface area contributed by atoms with Crippen LogP contribution in [0.5, 0.6) is 0 Å². The third kappa shape index (κ3) is 4.30. The van der Waals surface area contributed by atoms with Gasteiger partial charge in [0.2, 0.25) is 0 Å². The van der Waals surface area contributed by atoms with Crippen molar-refractivity contribution in [1.29, 1.82) is 0 Å². The molecule has 0 saturated heterocycles. The van der Waals surface area contributed by atoms with Gasteiger partial charge in [-0.15, -0.1) is 0 Å².